The average molecular weight is 318 g/mol. The number of carbonyl (C=O) groups excluding carboxylic acids is 2. The number of anilines is 2. The summed E-state index contributed by atoms with van der Waals surface area (Å²) in [5.74, 6) is 0.614. The lowest BCUT2D eigenvalue weighted by atomic mass is 9.97. The summed E-state index contributed by atoms with van der Waals surface area (Å²) in [7, 11) is 0. The lowest BCUT2D eigenvalue weighted by molar-refractivity contribution is -0.117. The van der Waals surface area contributed by atoms with Crippen LogP contribution in [0, 0.1) is 5.92 Å². The summed E-state index contributed by atoms with van der Waals surface area (Å²) in [6.45, 7) is 0. The number of hydrogen-bond donors (Lipinski definition) is 0. The molecule has 0 bridgehead atoms. The van der Waals surface area contributed by atoms with Crippen LogP contribution in [-0.2, 0) is 4.79 Å². The van der Waals surface area contributed by atoms with Crippen LogP contribution in [0.2, 0.25) is 0 Å². The normalized spacial score (nSPS) is 27.2. The smallest absolute Gasteiger partial charge is 0.258 e. The Balaban J connectivity index is 1.67. The van der Waals surface area contributed by atoms with Gasteiger partial charge in [0.1, 0.15) is 0 Å². The van der Waals surface area contributed by atoms with Gasteiger partial charge in [-0.1, -0.05) is 30.3 Å². The minimum atomic E-state index is 0.0349. The number of hydrogen-bond acceptors (Lipinski definition) is 2. The van der Waals surface area contributed by atoms with E-state index >= 15 is 0 Å². The van der Waals surface area contributed by atoms with E-state index in [0.717, 1.165) is 24.2 Å². The highest BCUT2D eigenvalue weighted by molar-refractivity contribution is 6.12. The highest BCUT2D eigenvalue weighted by atomic mass is 16.2. The lowest BCUT2D eigenvalue weighted by Gasteiger charge is -2.44. The fraction of sp³-hybridized carbons (Fsp3) is 0.300. The highest BCUT2D eigenvalue weighted by Crippen LogP contribution is 2.50. The molecule has 0 aromatic heterocycles. The van der Waals surface area contributed by atoms with Crippen molar-refractivity contribution in [2.45, 2.75) is 31.3 Å². The van der Waals surface area contributed by atoms with Gasteiger partial charge in [0.05, 0.1) is 23.5 Å². The molecule has 1 saturated heterocycles. The zero-order chi connectivity index (χ0) is 16.3. The van der Waals surface area contributed by atoms with Crippen molar-refractivity contribution in [3.63, 3.8) is 0 Å². The molecule has 0 radical (unpaired) electrons. The Morgan fingerprint density at radius 2 is 1.62 bits per heavy atom. The van der Waals surface area contributed by atoms with Crippen LogP contribution in [0.15, 0.2) is 54.6 Å². The molecule has 1 saturated carbocycles. The number of para-hydroxylation sites is 2. The number of carbonyl (C=O) groups is 2. The maximum Gasteiger partial charge on any atom is 0.258 e. The third-order valence-corrected chi connectivity index (χ3v) is 5.69. The van der Waals surface area contributed by atoms with Crippen molar-refractivity contribution in [1.29, 1.82) is 0 Å². The Morgan fingerprint density at radius 3 is 2.42 bits per heavy atom. The van der Waals surface area contributed by atoms with E-state index in [9.17, 15) is 9.59 Å². The summed E-state index contributed by atoms with van der Waals surface area (Å²) >= 11 is 0. The molecule has 2 fully saturated rings. The molecule has 2 aromatic rings. The monoisotopic (exact) mass is 318 g/mol. The zero-order valence-corrected chi connectivity index (χ0v) is 13.3. The molecule has 0 spiro atoms. The van der Waals surface area contributed by atoms with Gasteiger partial charge in [0.2, 0.25) is 5.91 Å². The minimum absolute atomic E-state index is 0.0349. The van der Waals surface area contributed by atoms with Gasteiger partial charge in [-0.05, 0) is 43.0 Å². The molecule has 0 N–H and O–H groups in total. The van der Waals surface area contributed by atoms with Gasteiger partial charge in [-0.2, -0.15) is 0 Å². The number of nitrogens with zero attached hydrogens (tertiary/aromatic N) is 2. The first kappa shape index (κ1) is 13.8. The molecule has 2 amide bonds. The van der Waals surface area contributed by atoms with Crippen LogP contribution in [0.4, 0.5) is 11.4 Å². The molecule has 5 rings (SSSR count). The summed E-state index contributed by atoms with van der Waals surface area (Å²) in [5, 5.41) is 0. The topological polar surface area (TPSA) is 40.6 Å². The van der Waals surface area contributed by atoms with Crippen molar-refractivity contribution in [2.75, 3.05) is 9.80 Å². The number of benzene rings is 2. The third kappa shape index (κ3) is 1.74. The van der Waals surface area contributed by atoms with Crippen molar-refractivity contribution in [1.82, 2.24) is 0 Å². The van der Waals surface area contributed by atoms with E-state index in [1.165, 1.54) is 0 Å². The van der Waals surface area contributed by atoms with E-state index in [-0.39, 0.29) is 23.9 Å². The second kappa shape index (κ2) is 4.94. The Kier molecular flexibility index (Phi) is 2.84. The first-order valence-electron chi connectivity index (χ1n) is 8.55. The van der Waals surface area contributed by atoms with E-state index in [1.807, 2.05) is 64.4 Å². The Labute approximate surface area is 140 Å². The van der Waals surface area contributed by atoms with Crippen LogP contribution in [0.25, 0.3) is 0 Å². The lowest BCUT2D eigenvalue weighted by Crippen LogP contribution is -2.55. The maximum absolute atomic E-state index is 13.2. The van der Waals surface area contributed by atoms with Gasteiger partial charge in [-0.3, -0.25) is 9.59 Å². The molecule has 4 nitrogen and oxygen atoms in total. The van der Waals surface area contributed by atoms with Crippen LogP contribution in [0.1, 0.15) is 29.6 Å². The van der Waals surface area contributed by atoms with Crippen molar-refractivity contribution in [3.8, 4) is 0 Å². The average Bonchev–Trinajstić information content (AvgIpc) is 3.17. The standard InChI is InChI=1S/C20H18N2O2/c23-18-12-14-10-11-17-19(14)22(18)16-9-5-4-8-15(16)21(17)20(24)13-6-2-1-3-7-13/h1-9,14,17,19H,10-12H2/t14-,17-,19+/m1/s1. The molecule has 3 aliphatic rings. The molecular weight excluding hydrogens is 300 g/mol. The van der Waals surface area contributed by atoms with Crippen LogP contribution in [-0.4, -0.2) is 23.9 Å². The second-order valence-electron chi connectivity index (χ2n) is 6.89. The predicted octanol–water partition coefficient (Wildman–Crippen LogP) is 3.23. The summed E-state index contributed by atoms with van der Waals surface area (Å²) in [4.78, 5) is 29.7. The fourth-order valence-electron chi connectivity index (χ4n) is 4.74. The van der Waals surface area contributed by atoms with E-state index < -0.39 is 0 Å². The predicted molar refractivity (Wildman–Crippen MR) is 92.1 cm³/mol. The van der Waals surface area contributed by atoms with Gasteiger partial charge >= 0.3 is 0 Å². The third-order valence-electron chi connectivity index (χ3n) is 5.69. The van der Waals surface area contributed by atoms with Crippen molar-refractivity contribution < 1.29 is 9.59 Å². The van der Waals surface area contributed by atoms with Crippen molar-refractivity contribution in [3.05, 3.63) is 60.2 Å². The van der Waals surface area contributed by atoms with Crippen LogP contribution < -0.4 is 9.80 Å². The first-order chi connectivity index (χ1) is 11.8. The number of amides is 2. The van der Waals surface area contributed by atoms with E-state index in [1.54, 1.807) is 0 Å². The van der Waals surface area contributed by atoms with Crippen LogP contribution in [0.3, 0.4) is 0 Å². The van der Waals surface area contributed by atoms with Crippen molar-refractivity contribution >= 4 is 23.2 Å². The largest absolute Gasteiger partial charge is 0.305 e. The summed E-state index contributed by atoms with van der Waals surface area (Å²) in [5.41, 5.74) is 2.45. The van der Waals surface area contributed by atoms with Gasteiger partial charge in [0.15, 0.2) is 0 Å². The molecule has 1 aliphatic carbocycles. The Bertz CT molecular complexity index is 833. The van der Waals surface area contributed by atoms with Crippen LogP contribution in [0.5, 0.6) is 0 Å². The number of rotatable bonds is 1. The van der Waals surface area contributed by atoms with Gasteiger partial charge in [0.25, 0.3) is 5.91 Å². The SMILES string of the molecule is O=C1C[C@H]2CC[C@@H]3[C@H]2N1c1ccccc1N3C(=O)c1ccccc1. The first-order valence-corrected chi connectivity index (χ1v) is 8.55. The highest BCUT2D eigenvalue weighted by Gasteiger charge is 2.55. The second-order valence-corrected chi connectivity index (χ2v) is 6.89. The van der Waals surface area contributed by atoms with E-state index in [2.05, 4.69) is 0 Å². The van der Waals surface area contributed by atoms with Crippen molar-refractivity contribution in [2.24, 2.45) is 5.92 Å². The summed E-state index contributed by atoms with van der Waals surface area (Å²) in [6, 6.07) is 17.5. The Morgan fingerprint density at radius 1 is 0.917 bits per heavy atom. The van der Waals surface area contributed by atoms with Crippen LogP contribution >= 0.6 is 0 Å². The Hall–Kier alpha value is -2.62. The molecule has 120 valence electrons. The molecule has 2 aromatic carbocycles. The molecule has 2 aliphatic heterocycles. The molecule has 4 heteroatoms. The molecule has 0 unspecified atom stereocenters. The summed E-state index contributed by atoms with van der Waals surface area (Å²) in [6.07, 6.45) is 2.60. The molecule has 2 heterocycles. The maximum atomic E-state index is 13.2. The van der Waals surface area contributed by atoms with E-state index in [0.29, 0.717) is 17.9 Å². The molecule has 24 heavy (non-hydrogen) atoms. The molecule has 3 atom stereocenters. The zero-order valence-electron chi connectivity index (χ0n) is 13.3. The van der Waals surface area contributed by atoms with Gasteiger partial charge in [0, 0.05) is 12.0 Å². The van der Waals surface area contributed by atoms with Gasteiger partial charge < -0.3 is 9.80 Å². The van der Waals surface area contributed by atoms with Gasteiger partial charge in [-0.25, -0.2) is 0 Å². The fourth-order valence-corrected chi connectivity index (χ4v) is 4.74. The number of fused-ring (bicyclic) bond motifs is 2. The molecular formula is C20H18N2O2. The quantitative estimate of drug-likeness (QED) is 0.810. The van der Waals surface area contributed by atoms with Gasteiger partial charge in [-0.15, -0.1) is 0 Å². The minimum Gasteiger partial charge on any atom is -0.305 e. The summed E-state index contributed by atoms with van der Waals surface area (Å²) < 4.78 is 0. The van der Waals surface area contributed by atoms with E-state index in [4.69, 9.17) is 0 Å².